The van der Waals surface area contributed by atoms with Crippen LogP contribution in [0.2, 0.25) is 0 Å². The van der Waals surface area contributed by atoms with E-state index >= 15 is 0 Å². The number of rotatable bonds is 8. The molecule has 1 saturated heterocycles. The van der Waals surface area contributed by atoms with Crippen LogP contribution in [0.25, 0.3) is 0 Å². The van der Waals surface area contributed by atoms with Crippen molar-refractivity contribution in [3.8, 4) is 5.75 Å². The molecule has 2 unspecified atom stereocenters. The van der Waals surface area contributed by atoms with Crippen molar-refractivity contribution in [3.63, 3.8) is 0 Å². The lowest BCUT2D eigenvalue weighted by Gasteiger charge is -2.30. The summed E-state index contributed by atoms with van der Waals surface area (Å²) in [7, 11) is 5.20. The molecule has 10 heteroatoms. The van der Waals surface area contributed by atoms with Gasteiger partial charge in [-0.25, -0.2) is 9.67 Å². The van der Waals surface area contributed by atoms with Gasteiger partial charge in [0, 0.05) is 33.2 Å². The van der Waals surface area contributed by atoms with Gasteiger partial charge in [0.25, 0.3) is 0 Å². The number of hydrogen-bond donors (Lipinski definition) is 2. The van der Waals surface area contributed by atoms with Crippen LogP contribution in [-0.2, 0) is 24.3 Å². The molecule has 0 spiro atoms. The van der Waals surface area contributed by atoms with E-state index in [-0.39, 0.29) is 30.0 Å². The van der Waals surface area contributed by atoms with Crippen LogP contribution in [0.3, 0.4) is 0 Å². The third-order valence-corrected chi connectivity index (χ3v) is 6.28. The predicted molar refractivity (Wildman–Crippen MR) is 139 cm³/mol. The second kappa shape index (κ2) is 12.5. The van der Waals surface area contributed by atoms with Gasteiger partial charge in [-0.3, -0.25) is 9.89 Å². The van der Waals surface area contributed by atoms with Crippen LogP contribution in [0.5, 0.6) is 5.75 Å². The molecule has 0 aliphatic carbocycles. The van der Waals surface area contributed by atoms with Gasteiger partial charge in [0.05, 0.1) is 19.7 Å². The fraction of sp³-hybridized carbons (Fsp3) is 0.609. The standard InChI is InChI=1S/C23H35N7O2.HI/c1-24-23(26-18-8-11-22-27-21(16-31-2)28-30(22)15-18)25-14-20(29-12-4-5-13-29)17-6-9-19(32-3)10-7-17;/h6-7,9-10,18,20H,4-5,8,11-16H2,1-3H3,(H2,24,25,26);1H. The topological polar surface area (TPSA) is 88.8 Å². The van der Waals surface area contributed by atoms with E-state index in [1.807, 2.05) is 23.9 Å². The van der Waals surface area contributed by atoms with Gasteiger partial charge in [-0.2, -0.15) is 5.10 Å². The minimum absolute atomic E-state index is 0. The minimum atomic E-state index is 0. The van der Waals surface area contributed by atoms with Gasteiger partial charge < -0.3 is 20.1 Å². The van der Waals surface area contributed by atoms with Crippen molar-refractivity contribution in [2.24, 2.45) is 4.99 Å². The van der Waals surface area contributed by atoms with Crippen molar-refractivity contribution in [3.05, 3.63) is 41.5 Å². The van der Waals surface area contributed by atoms with E-state index in [4.69, 9.17) is 9.47 Å². The Bertz CT molecular complexity index is 897. The number of ether oxygens (including phenoxy) is 2. The number of nitrogens with zero attached hydrogens (tertiary/aromatic N) is 5. The second-order valence-corrected chi connectivity index (χ2v) is 8.42. The van der Waals surface area contributed by atoms with Crippen molar-refractivity contribution < 1.29 is 9.47 Å². The Balaban J connectivity index is 0.00000306. The molecule has 1 aromatic heterocycles. The number of halogens is 1. The summed E-state index contributed by atoms with van der Waals surface area (Å²) in [4.78, 5) is 11.6. The number of fused-ring (bicyclic) bond motifs is 1. The molecule has 2 aromatic rings. The van der Waals surface area contributed by atoms with E-state index in [1.54, 1.807) is 14.2 Å². The zero-order valence-electron chi connectivity index (χ0n) is 19.8. The predicted octanol–water partition coefficient (Wildman–Crippen LogP) is 2.37. The molecule has 1 aromatic carbocycles. The molecular formula is C23H36IN7O2. The SMILES string of the molecule is CN=C(NCC(c1ccc(OC)cc1)N1CCCC1)NC1CCc2nc(COC)nn2C1.I. The number of nitrogens with one attached hydrogen (secondary N) is 2. The van der Waals surface area contributed by atoms with Gasteiger partial charge in [0.1, 0.15) is 18.2 Å². The molecule has 0 bridgehead atoms. The van der Waals surface area contributed by atoms with Gasteiger partial charge in [-0.05, 0) is 50.0 Å². The summed E-state index contributed by atoms with van der Waals surface area (Å²) in [5.41, 5.74) is 1.30. The molecule has 0 saturated carbocycles. The highest BCUT2D eigenvalue weighted by Gasteiger charge is 2.25. The smallest absolute Gasteiger partial charge is 0.191 e. The van der Waals surface area contributed by atoms with Crippen LogP contribution in [-0.4, -0.2) is 72.6 Å². The Kier molecular flexibility index (Phi) is 9.75. The van der Waals surface area contributed by atoms with Crippen LogP contribution in [0, 0.1) is 0 Å². The third-order valence-electron chi connectivity index (χ3n) is 6.28. The van der Waals surface area contributed by atoms with Crippen molar-refractivity contribution in [1.82, 2.24) is 30.3 Å². The number of guanidine groups is 1. The third kappa shape index (κ3) is 6.57. The van der Waals surface area contributed by atoms with Gasteiger partial charge >= 0.3 is 0 Å². The minimum Gasteiger partial charge on any atom is -0.497 e. The lowest BCUT2D eigenvalue weighted by molar-refractivity contribution is 0.177. The first-order chi connectivity index (χ1) is 15.7. The summed E-state index contributed by atoms with van der Waals surface area (Å²) < 4.78 is 12.5. The number of aryl methyl sites for hydroxylation is 1. The maximum Gasteiger partial charge on any atom is 0.191 e. The lowest BCUT2D eigenvalue weighted by atomic mass is 10.1. The Labute approximate surface area is 213 Å². The average molecular weight is 569 g/mol. The van der Waals surface area contributed by atoms with E-state index in [0.717, 1.165) is 62.4 Å². The molecule has 1 fully saturated rings. The largest absolute Gasteiger partial charge is 0.497 e. The molecule has 2 aliphatic rings. The molecule has 2 aliphatic heterocycles. The number of methoxy groups -OCH3 is 2. The van der Waals surface area contributed by atoms with Crippen molar-refractivity contribution in [1.29, 1.82) is 0 Å². The van der Waals surface area contributed by atoms with Crippen molar-refractivity contribution in [2.75, 3.05) is 40.9 Å². The Hall–Kier alpha value is -1.92. The molecule has 3 heterocycles. The van der Waals surface area contributed by atoms with E-state index in [9.17, 15) is 0 Å². The lowest BCUT2D eigenvalue weighted by Crippen LogP contribution is -2.49. The molecule has 9 nitrogen and oxygen atoms in total. The molecule has 182 valence electrons. The summed E-state index contributed by atoms with van der Waals surface area (Å²) in [6.45, 7) is 4.29. The summed E-state index contributed by atoms with van der Waals surface area (Å²) in [5.74, 6) is 3.50. The van der Waals surface area contributed by atoms with E-state index < -0.39 is 0 Å². The summed E-state index contributed by atoms with van der Waals surface area (Å²) >= 11 is 0. The maximum absolute atomic E-state index is 5.34. The number of hydrogen-bond acceptors (Lipinski definition) is 6. The number of benzene rings is 1. The quantitative estimate of drug-likeness (QED) is 0.287. The van der Waals surface area contributed by atoms with Gasteiger partial charge in [0.15, 0.2) is 11.8 Å². The van der Waals surface area contributed by atoms with E-state index in [1.165, 1.54) is 18.4 Å². The van der Waals surface area contributed by atoms with Crippen LogP contribution in [0.15, 0.2) is 29.3 Å². The normalized spacial score (nSPS) is 19.5. The van der Waals surface area contributed by atoms with Gasteiger partial charge in [-0.15, -0.1) is 24.0 Å². The first kappa shape index (κ1) is 25.7. The number of aromatic nitrogens is 3. The zero-order chi connectivity index (χ0) is 22.3. The second-order valence-electron chi connectivity index (χ2n) is 8.42. The molecule has 33 heavy (non-hydrogen) atoms. The van der Waals surface area contributed by atoms with Crippen molar-refractivity contribution in [2.45, 2.75) is 50.9 Å². The Morgan fingerprint density at radius 3 is 2.64 bits per heavy atom. The molecule has 0 amide bonds. The van der Waals surface area contributed by atoms with E-state index in [0.29, 0.717) is 12.6 Å². The van der Waals surface area contributed by atoms with Gasteiger partial charge in [0.2, 0.25) is 0 Å². The molecule has 0 radical (unpaired) electrons. The van der Waals surface area contributed by atoms with Crippen LogP contribution in [0.1, 0.15) is 42.5 Å². The Morgan fingerprint density at radius 2 is 1.97 bits per heavy atom. The average Bonchev–Trinajstić information content (AvgIpc) is 3.48. The number of aliphatic imine (C=N–C) groups is 1. The summed E-state index contributed by atoms with van der Waals surface area (Å²) in [6, 6.07) is 8.99. The highest BCUT2D eigenvalue weighted by atomic mass is 127. The van der Waals surface area contributed by atoms with Crippen LogP contribution < -0.4 is 15.4 Å². The zero-order valence-corrected chi connectivity index (χ0v) is 22.1. The highest BCUT2D eigenvalue weighted by Crippen LogP contribution is 2.26. The fourth-order valence-electron chi connectivity index (χ4n) is 4.59. The first-order valence-corrected chi connectivity index (χ1v) is 11.5. The molecule has 2 N–H and O–H groups in total. The monoisotopic (exact) mass is 569 g/mol. The van der Waals surface area contributed by atoms with Crippen LogP contribution >= 0.6 is 24.0 Å². The number of likely N-dealkylation sites (tertiary alicyclic amines) is 1. The summed E-state index contributed by atoms with van der Waals surface area (Å²) in [5, 5.41) is 11.7. The molecular weight excluding hydrogens is 533 g/mol. The Morgan fingerprint density at radius 1 is 1.21 bits per heavy atom. The van der Waals surface area contributed by atoms with Crippen LogP contribution in [0.4, 0.5) is 0 Å². The summed E-state index contributed by atoms with van der Waals surface area (Å²) in [6.07, 6.45) is 4.41. The van der Waals surface area contributed by atoms with E-state index in [2.05, 4.69) is 42.7 Å². The van der Waals surface area contributed by atoms with Gasteiger partial charge in [-0.1, -0.05) is 12.1 Å². The molecule has 4 rings (SSSR count). The first-order valence-electron chi connectivity index (χ1n) is 11.5. The highest BCUT2D eigenvalue weighted by molar-refractivity contribution is 14.0. The van der Waals surface area contributed by atoms with Crippen molar-refractivity contribution >= 4 is 29.9 Å². The maximum atomic E-state index is 5.34. The fourth-order valence-corrected chi connectivity index (χ4v) is 4.59. The molecule has 2 atom stereocenters.